The van der Waals surface area contributed by atoms with Crippen LogP contribution in [-0.2, 0) is 0 Å². The van der Waals surface area contributed by atoms with Crippen LogP contribution in [0.3, 0.4) is 0 Å². The standard InChI is InChI=1S/C10H9N.4C9H8N2.10C2H6/c1-8-4-5-10-9(7-8)3-2-6-11-10;1-7-2-3-9-8(4-7)5-10-6-11-9;1-7-2-3-8-5-10-11-6-9(8)4-7;1-7-2-3-8-9(6-7)11-5-4-10-8;1-7-6-10-8-4-2-3-5-9(8)11-7;10*1-2/h2-7H,1H3;4*2-6H,1H3;10*1-2H3. The summed E-state index contributed by atoms with van der Waals surface area (Å²) in [6.07, 6.45) is 14.0. The third kappa shape index (κ3) is 32.6. The fourth-order valence-electron chi connectivity index (χ4n) is 5.54. The Morgan fingerprint density at radius 3 is 1.24 bits per heavy atom. The lowest BCUT2D eigenvalue weighted by Gasteiger charge is -1.95. The molecule has 0 aliphatic heterocycles. The van der Waals surface area contributed by atoms with Crippen molar-refractivity contribution in [2.75, 3.05) is 0 Å². The monoisotopic (exact) mass is 1020 g/mol. The summed E-state index contributed by atoms with van der Waals surface area (Å²) in [6, 6.07) is 36.6. The van der Waals surface area contributed by atoms with Crippen LogP contribution < -0.4 is 0 Å². The highest BCUT2D eigenvalue weighted by Crippen LogP contribution is 2.14. The Bertz CT molecular complexity index is 2360. The maximum atomic E-state index is 4.31. The van der Waals surface area contributed by atoms with Gasteiger partial charge in [0.25, 0.3) is 0 Å². The molecule has 0 spiro atoms. The lowest BCUT2D eigenvalue weighted by molar-refractivity contribution is 1.05. The van der Waals surface area contributed by atoms with Gasteiger partial charge in [0.15, 0.2) is 0 Å². The first-order chi connectivity index (χ1) is 36.8. The molecule has 0 N–H and O–H groups in total. The molecule has 0 atom stereocenters. The van der Waals surface area contributed by atoms with Crippen molar-refractivity contribution in [2.45, 2.75) is 173 Å². The molecule has 0 bridgehead atoms. The minimum absolute atomic E-state index is 0.957. The first kappa shape index (κ1) is 76.8. The smallest absolute Gasteiger partial charge is 0.116 e. The van der Waals surface area contributed by atoms with E-state index in [2.05, 4.69) is 114 Å². The number of aromatic nitrogens is 9. The molecule has 10 rings (SSSR count). The molecule has 410 valence electrons. The summed E-state index contributed by atoms with van der Waals surface area (Å²) in [5.74, 6) is 0. The van der Waals surface area contributed by atoms with Crippen molar-refractivity contribution < 1.29 is 0 Å². The normalized spacial score (nSPS) is 8.33. The van der Waals surface area contributed by atoms with E-state index in [0.29, 0.717) is 0 Å². The van der Waals surface area contributed by atoms with Gasteiger partial charge in [-0.15, -0.1) is 0 Å². The highest BCUT2D eigenvalue weighted by molar-refractivity contribution is 5.81. The van der Waals surface area contributed by atoms with E-state index in [1.165, 1.54) is 27.6 Å². The Labute approximate surface area is 457 Å². The molecule has 0 amide bonds. The first-order valence-corrected chi connectivity index (χ1v) is 27.8. The van der Waals surface area contributed by atoms with E-state index >= 15 is 0 Å². The Hall–Kier alpha value is -7.13. The molecular weight excluding hydrogens is 919 g/mol. The van der Waals surface area contributed by atoms with Crippen LogP contribution in [0, 0.1) is 34.6 Å². The maximum Gasteiger partial charge on any atom is 0.116 e. The quantitative estimate of drug-likeness (QED) is 0.146. The fourth-order valence-corrected chi connectivity index (χ4v) is 5.54. The molecule has 0 radical (unpaired) electrons. The van der Waals surface area contributed by atoms with E-state index < -0.39 is 0 Å². The van der Waals surface area contributed by atoms with Gasteiger partial charge in [-0.3, -0.25) is 19.9 Å². The van der Waals surface area contributed by atoms with Crippen molar-refractivity contribution in [2.24, 2.45) is 0 Å². The summed E-state index contributed by atoms with van der Waals surface area (Å²) < 4.78 is 0. The number of hydrogen-bond donors (Lipinski definition) is 0. The van der Waals surface area contributed by atoms with Crippen molar-refractivity contribution in [3.63, 3.8) is 0 Å². The molecule has 0 fully saturated rings. The number of para-hydroxylation sites is 2. The third-order valence-electron chi connectivity index (χ3n) is 8.32. The van der Waals surface area contributed by atoms with Crippen LogP contribution in [0.4, 0.5) is 0 Å². The minimum atomic E-state index is 0.957. The van der Waals surface area contributed by atoms with Gasteiger partial charge in [-0.05, 0) is 101 Å². The lowest BCUT2D eigenvalue weighted by atomic mass is 10.1. The number of rotatable bonds is 0. The van der Waals surface area contributed by atoms with Gasteiger partial charge < -0.3 is 0 Å². The first-order valence-electron chi connectivity index (χ1n) is 27.8. The van der Waals surface area contributed by atoms with Crippen LogP contribution in [-0.4, -0.2) is 45.1 Å². The molecule has 0 saturated carbocycles. The molecule has 5 aromatic carbocycles. The molecule has 0 aliphatic carbocycles. The zero-order valence-electron chi connectivity index (χ0n) is 51.5. The van der Waals surface area contributed by atoms with Gasteiger partial charge in [-0.25, -0.2) is 15.0 Å². The Kier molecular flexibility index (Phi) is 55.9. The number of aryl methyl sites for hydroxylation is 5. The average molecular weight is 1020 g/mol. The van der Waals surface area contributed by atoms with Crippen molar-refractivity contribution >= 4 is 54.6 Å². The van der Waals surface area contributed by atoms with Crippen LogP contribution >= 0.6 is 0 Å². The zero-order chi connectivity index (χ0) is 58.4. The lowest BCUT2D eigenvalue weighted by Crippen LogP contribution is -1.85. The summed E-state index contributed by atoms with van der Waals surface area (Å²) >= 11 is 0. The van der Waals surface area contributed by atoms with E-state index in [9.17, 15) is 0 Å². The summed E-state index contributed by atoms with van der Waals surface area (Å²) in [5.41, 5.74) is 11.9. The van der Waals surface area contributed by atoms with Crippen molar-refractivity contribution in [1.82, 2.24) is 45.1 Å². The molecule has 10 aromatic rings. The van der Waals surface area contributed by atoms with Gasteiger partial charge in [0.1, 0.15) is 6.33 Å². The largest absolute Gasteiger partial charge is 0.256 e. The van der Waals surface area contributed by atoms with E-state index in [4.69, 9.17) is 0 Å². The predicted octanol–water partition coefficient (Wildman–Crippen LogP) is 20.6. The Balaban J connectivity index is -0.000000251. The predicted molar refractivity (Wildman–Crippen MR) is 337 cm³/mol. The van der Waals surface area contributed by atoms with E-state index in [-0.39, 0.29) is 0 Å². The number of hydrogen-bond acceptors (Lipinski definition) is 9. The fraction of sp³-hybridized carbons (Fsp3) is 0.379. The Morgan fingerprint density at radius 1 is 0.267 bits per heavy atom. The van der Waals surface area contributed by atoms with Crippen LogP contribution in [0.5, 0.6) is 0 Å². The summed E-state index contributed by atoms with van der Waals surface area (Å²) in [4.78, 5) is 29.1. The molecular formula is C66H101N9. The van der Waals surface area contributed by atoms with Crippen LogP contribution in [0.1, 0.15) is 166 Å². The Morgan fingerprint density at radius 2 is 0.680 bits per heavy atom. The third-order valence-corrected chi connectivity index (χ3v) is 8.32. The van der Waals surface area contributed by atoms with Crippen molar-refractivity contribution in [3.8, 4) is 0 Å². The molecule has 75 heavy (non-hydrogen) atoms. The number of nitrogens with zero attached hydrogens (tertiary/aromatic N) is 9. The molecule has 0 saturated heterocycles. The number of benzene rings is 5. The molecule has 9 heteroatoms. The van der Waals surface area contributed by atoms with E-state index in [1.54, 1.807) is 37.3 Å². The van der Waals surface area contributed by atoms with Gasteiger partial charge in [-0.1, -0.05) is 204 Å². The van der Waals surface area contributed by atoms with Gasteiger partial charge in [0.2, 0.25) is 0 Å². The highest BCUT2D eigenvalue weighted by atomic mass is 15.1. The van der Waals surface area contributed by atoms with Crippen LogP contribution in [0.25, 0.3) is 54.6 Å². The second kappa shape index (κ2) is 54.6. The van der Waals surface area contributed by atoms with Crippen LogP contribution in [0.2, 0.25) is 0 Å². The SMILES string of the molecule is CC.CC.CC.CC.CC.CC.CC.CC.CC.CC.Cc1ccc2cnncc2c1.Cc1ccc2ncccc2c1.Cc1ccc2nccnc2c1.Cc1ccc2ncncc2c1.Cc1cnc2ccccc2n1. The van der Waals surface area contributed by atoms with Crippen LogP contribution in [0.15, 0.2) is 159 Å². The van der Waals surface area contributed by atoms with Gasteiger partial charge >= 0.3 is 0 Å². The van der Waals surface area contributed by atoms with Gasteiger partial charge in [-0.2, -0.15) is 10.2 Å². The average Bonchev–Trinajstić information content (AvgIpc) is 3.50. The second-order valence-electron chi connectivity index (χ2n) is 13.0. The highest BCUT2D eigenvalue weighted by Gasteiger charge is 1.95. The summed E-state index contributed by atoms with van der Waals surface area (Å²) in [5, 5.41) is 12.2. The van der Waals surface area contributed by atoms with Crippen molar-refractivity contribution in [1.29, 1.82) is 0 Å². The molecule has 5 aromatic heterocycles. The number of pyridine rings is 1. The molecule has 0 aliphatic rings. The van der Waals surface area contributed by atoms with Gasteiger partial charge in [0.05, 0.1) is 51.2 Å². The van der Waals surface area contributed by atoms with E-state index in [1.807, 2.05) is 225 Å². The second-order valence-corrected chi connectivity index (χ2v) is 13.0. The number of fused-ring (bicyclic) bond motifs is 5. The van der Waals surface area contributed by atoms with E-state index in [0.717, 1.165) is 55.0 Å². The van der Waals surface area contributed by atoms with Gasteiger partial charge in [0, 0.05) is 52.5 Å². The minimum Gasteiger partial charge on any atom is -0.256 e. The maximum absolute atomic E-state index is 4.31. The van der Waals surface area contributed by atoms with Crippen molar-refractivity contribution in [3.05, 3.63) is 187 Å². The molecule has 0 unspecified atom stereocenters. The zero-order valence-corrected chi connectivity index (χ0v) is 51.5. The summed E-state index contributed by atoms with van der Waals surface area (Å²) in [6.45, 7) is 50.2. The molecule has 9 nitrogen and oxygen atoms in total. The molecule has 5 heterocycles. The topological polar surface area (TPSA) is 116 Å². The summed E-state index contributed by atoms with van der Waals surface area (Å²) in [7, 11) is 0.